The van der Waals surface area contributed by atoms with Crippen molar-refractivity contribution in [2.24, 2.45) is 0 Å². The fraction of sp³-hybridized carbons (Fsp3) is 0.500. The van der Waals surface area contributed by atoms with E-state index in [1.165, 1.54) is 0 Å². The summed E-state index contributed by atoms with van der Waals surface area (Å²) >= 11 is 0. The van der Waals surface area contributed by atoms with Crippen LogP contribution in [0.3, 0.4) is 0 Å². The molecule has 5 nitrogen and oxygen atoms in total. The van der Waals surface area contributed by atoms with Crippen molar-refractivity contribution < 1.29 is 9.26 Å². The van der Waals surface area contributed by atoms with E-state index >= 15 is 0 Å². The first-order chi connectivity index (χ1) is 10.2. The Hall–Kier alpha value is -1.88. The van der Waals surface area contributed by atoms with Crippen molar-refractivity contribution in [3.63, 3.8) is 0 Å². The van der Waals surface area contributed by atoms with E-state index in [2.05, 4.69) is 29.3 Å². The van der Waals surface area contributed by atoms with E-state index in [1.54, 1.807) is 7.11 Å². The third-order valence-corrected chi connectivity index (χ3v) is 3.78. The maximum atomic E-state index is 5.41. The molecule has 1 heterocycles. The highest BCUT2D eigenvalue weighted by molar-refractivity contribution is 5.30. The highest BCUT2D eigenvalue weighted by Gasteiger charge is 2.21. The molecule has 2 aromatic rings. The average Bonchev–Trinajstić information content (AvgIpc) is 2.97. The van der Waals surface area contributed by atoms with E-state index in [0.717, 1.165) is 17.7 Å². The van der Waals surface area contributed by atoms with Crippen LogP contribution < -0.4 is 10.1 Å². The summed E-state index contributed by atoms with van der Waals surface area (Å²) in [5.74, 6) is 2.43. The van der Waals surface area contributed by atoms with Crippen molar-refractivity contribution in [2.75, 3.05) is 14.2 Å². The molecule has 2 atom stereocenters. The molecule has 1 N–H and O–H groups in total. The van der Waals surface area contributed by atoms with Gasteiger partial charge in [0.05, 0.1) is 13.0 Å². The Balaban J connectivity index is 2.09. The second kappa shape index (κ2) is 7.22. The molecule has 0 aliphatic rings. The van der Waals surface area contributed by atoms with Gasteiger partial charge >= 0.3 is 0 Å². The number of ether oxygens (including phenoxy) is 1. The fourth-order valence-corrected chi connectivity index (χ4v) is 2.47. The molecule has 0 fully saturated rings. The number of likely N-dealkylation sites (N-methyl/N-ethyl adjacent to an activating group) is 1. The van der Waals surface area contributed by atoms with Crippen molar-refractivity contribution in [3.05, 3.63) is 41.5 Å². The quantitative estimate of drug-likeness (QED) is 0.849. The van der Waals surface area contributed by atoms with Crippen molar-refractivity contribution in [3.8, 4) is 5.75 Å². The van der Waals surface area contributed by atoms with Gasteiger partial charge in [0.1, 0.15) is 5.75 Å². The molecule has 114 valence electrons. The summed E-state index contributed by atoms with van der Waals surface area (Å²) in [5.41, 5.74) is 1.11. The molecule has 0 aliphatic heterocycles. The van der Waals surface area contributed by atoms with Gasteiger partial charge in [-0.05, 0) is 31.2 Å². The summed E-state index contributed by atoms with van der Waals surface area (Å²) in [5, 5.41) is 7.36. The van der Waals surface area contributed by atoms with Gasteiger partial charge in [0.25, 0.3) is 0 Å². The molecule has 0 bridgehead atoms. The predicted octanol–water partition coefficient (Wildman–Crippen LogP) is 2.77. The minimum absolute atomic E-state index is 0.201. The van der Waals surface area contributed by atoms with E-state index < -0.39 is 0 Å². The zero-order valence-electron chi connectivity index (χ0n) is 13.1. The van der Waals surface area contributed by atoms with E-state index in [9.17, 15) is 0 Å². The zero-order chi connectivity index (χ0) is 15.2. The smallest absolute Gasteiger partial charge is 0.231 e. The molecule has 1 aromatic heterocycles. The highest BCUT2D eigenvalue weighted by atomic mass is 16.5. The maximum absolute atomic E-state index is 5.41. The SMILES string of the molecule is CCC(NC)C(C)c1nc(Cc2cccc(OC)c2)no1. The highest BCUT2D eigenvalue weighted by Crippen LogP contribution is 2.20. The van der Waals surface area contributed by atoms with Crippen LogP contribution in [-0.4, -0.2) is 30.3 Å². The molecule has 0 saturated heterocycles. The Bertz CT molecular complexity index is 564. The summed E-state index contributed by atoms with van der Waals surface area (Å²) in [6.45, 7) is 4.25. The van der Waals surface area contributed by atoms with Gasteiger partial charge in [-0.1, -0.05) is 31.1 Å². The Morgan fingerprint density at radius 3 is 2.86 bits per heavy atom. The predicted molar refractivity (Wildman–Crippen MR) is 81.7 cm³/mol. The van der Waals surface area contributed by atoms with Crippen LogP contribution in [0.1, 0.15) is 43.5 Å². The van der Waals surface area contributed by atoms with Gasteiger partial charge in [-0.25, -0.2) is 0 Å². The van der Waals surface area contributed by atoms with Gasteiger partial charge in [0.15, 0.2) is 5.82 Å². The third-order valence-electron chi connectivity index (χ3n) is 3.78. The summed E-state index contributed by atoms with van der Waals surface area (Å²) in [4.78, 5) is 4.52. The first kappa shape index (κ1) is 15.5. The lowest BCUT2D eigenvalue weighted by Gasteiger charge is -2.18. The van der Waals surface area contributed by atoms with E-state index in [4.69, 9.17) is 9.26 Å². The molecule has 0 amide bonds. The summed E-state index contributed by atoms with van der Waals surface area (Å²) in [7, 11) is 3.62. The lowest BCUT2D eigenvalue weighted by atomic mass is 10.00. The molecule has 1 aromatic carbocycles. The molecule has 0 spiro atoms. The van der Waals surface area contributed by atoms with Gasteiger partial charge in [0.2, 0.25) is 5.89 Å². The zero-order valence-corrected chi connectivity index (χ0v) is 13.1. The van der Waals surface area contributed by atoms with E-state index in [1.807, 2.05) is 31.3 Å². The number of benzene rings is 1. The van der Waals surface area contributed by atoms with Crippen molar-refractivity contribution in [1.29, 1.82) is 0 Å². The lowest BCUT2D eigenvalue weighted by molar-refractivity contribution is 0.324. The Labute approximate surface area is 125 Å². The maximum Gasteiger partial charge on any atom is 0.231 e. The van der Waals surface area contributed by atoms with Crippen LogP contribution in [0, 0.1) is 0 Å². The normalized spacial score (nSPS) is 13.9. The molecule has 2 rings (SSSR count). The number of methoxy groups -OCH3 is 1. The van der Waals surface area contributed by atoms with Crippen molar-refractivity contribution in [1.82, 2.24) is 15.5 Å². The second-order valence-electron chi connectivity index (χ2n) is 5.17. The Kier molecular flexibility index (Phi) is 5.33. The number of nitrogens with zero attached hydrogens (tertiary/aromatic N) is 2. The van der Waals surface area contributed by atoms with E-state index in [-0.39, 0.29) is 5.92 Å². The minimum Gasteiger partial charge on any atom is -0.497 e. The molecule has 2 unspecified atom stereocenters. The molecular formula is C16H23N3O2. The second-order valence-corrected chi connectivity index (χ2v) is 5.17. The van der Waals surface area contributed by atoms with E-state index in [0.29, 0.717) is 24.2 Å². The minimum atomic E-state index is 0.201. The van der Waals surface area contributed by atoms with Crippen LogP contribution in [0.25, 0.3) is 0 Å². The van der Waals surface area contributed by atoms with Crippen LogP contribution in [-0.2, 0) is 6.42 Å². The fourth-order valence-electron chi connectivity index (χ4n) is 2.47. The number of nitrogens with one attached hydrogen (secondary N) is 1. The standard InChI is InChI=1S/C16H23N3O2/c1-5-14(17-3)11(2)16-18-15(19-21-16)10-12-7-6-8-13(9-12)20-4/h6-9,11,14,17H,5,10H2,1-4H3. The molecule has 0 saturated carbocycles. The first-order valence-corrected chi connectivity index (χ1v) is 7.30. The van der Waals surface area contributed by atoms with Crippen LogP contribution in [0.5, 0.6) is 5.75 Å². The van der Waals surface area contributed by atoms with Gasteiger partial charge < -0.3 is 14.6 Å². The van der Waals surface area contributed by atoms with Crippen LogP contribution in [0.2, 0.25) is 0 Å². The monoisotopic (exact) mass is 289 g/mol. The van der Waals surface area contributed by atoms with Crippen LogP contribution in [0.4, 0.5) is 0 Å². The molecule has 5 heteroatoms. The summed E-state index contributed by atoms with van der Waals surface area (Å²) < 4.78 is 10.6. The summed E-state index contributed by atoms with van der Waals surface area (Å²) in [6, 6.07) is 8.25. The Morgan fingerprint density at radius 1 is 1.38 bits per heavy atom. The molecule has 0 radical (unpaired) electrons. The average molecular weight is 289 g/mol. The van der Waals surface area contributed by atoms with Crippen LogP contribution in [0.15, 0.2) is 28.8 Å². The van der Waals surface area contributed by atoms with Gasteiger partial charge in [-0.15, -0.1) is 0 Å². The van der Waals surface area contributed by atoms with Gasteiger partial charge in [-0.3, -0.25) is 0 Å². The number of hydrogen-bond donors (Lipinski definition) is 1. The van der Waals surface area contributed by atoms with Crippen molar-refractivity contribution in [2.45, 2.75) is 38.6 Å². The topological polar surface area (TPSA) is 60.2 Å². The number of rotatable bonds is 7. The molecular weight excluding hydrogens is 266 g/mol. The first-order valence-electron chi connectivity index (χ1n) is 7.30. The van der Waals surface area contributed by atoms with Crippen molar-refractivity contribution >= 4 is 0 Å². The molecule has 21 heavy (non-hydrogen) atoms. The third kappa shape index (κ3) is 3.82. The lowest BCUT2D eigenvalue weighted by Crippen LogP contribution is -2.30. The number of hydrogen-bond acceptors (Lipinski definition) is 5. The van der Waals surface area contributed by atoms with Crippen LogP contribution >= 0.6 is 0 Å². The largest absolute Gasteiger partial charge is 0.497 e. The molecule has 0 aliphatic carbocycles. The van der Waals surface area contributed by atoms with Gasteiger partial charge in [-0.2, -0.15) is 4.98 Å². The summed E-state index contributed by atoms with van der Waals surface area (Å²) in [6.07, 6.45) is 1.66. The Morgan fingerprint density at radius 2 is 2.19 bits per heavy atom. The van der Waals surface area contributed by atoms with Gasteiger partial charge in [0, 0.05) is 12.5 Å². The number of aromatic nitrogens is 2.